The van der Waals surface area contributed by atoms with Gasteiger partial charge in [-0.1, -0.05) is 49.4 Å². The Morgan fingerprint density at radius 1 is 0.724 bits per heavy atom. The number of carboxylic acid groups (broad SMARTS) is 2. The van der Waals surface area contributed by atoms with Gasteiger partial charge in [0, 0.05) is 48.6 Å². The van der Waals surface area contributed by atoms with Gasteiger partial charge in [0.25, 0.3) is 11.8 Å². The van der Waals surface area contributed by atoms with Crippen LogP contribution in [0.4, 0.5) is 17.1 Å². The summed E-state index contributed by atoms with van der Waals surface area (Å²) in [6.07, 6.45) is 5.97. The zero-order valence-corrected chi connectivity index (χ0v) is 40.4. The van der Waals surface area contributed by atoms with Crippen LogP contribution >= 0.6 is 0 Å². The predicted molar refractivity (Wildman–Crippen MR) is 210 cm³/mol. The molecule has 0 bridgehead atoms. The van der Waals surface area contributed by atoms with E-state index in [1.165, 1.54) is 40.7 Å². The van der Waals surface area contributed by atoms with Crippen LogP contribution in [0.15, 0.2) is 95.9 Å². The summed E-state index contributed by atoms with van der Waals surface area (Å²) in [5, 5.41) is 28.3. The van der Waals surface area contributed by atoms with Gasteiger partial charge < -0.3 is 35.3 Å². The summed E-state index contributed by atoms with van der Waals surface area (Å²) in [7, 11) is -4.02. The molecule has 12 nitrogen and oxygen atoms in total. The van der Waals surface area contributed by atoms with E-state index < -0.39 is 39.7 Å². The fraction of sp³-hybridized carbons (Fsp3) is 0.349. The number of aromatic carboxylic acids is 1. The van der Waals surface area contributed by atoms with Crippen LogP contribution in [-0.2, 0) is 27.7 Å². The molecular weight excluding hydrogens is 811 g/mol. The van der Waals surface area contributed by atoms with Crippen LogP contribution in [0, 0.1) is 5.92 Å². The van der Waals surface area contributed by atoms with Crippen molar-refractivity contribution in [2.24, 2.45) is 5.92 Å². The summed E-state index contributed by atoms with van der Waals surface area (Å²) in [6, 6.07) is 24.7. The van der Waals surface area contributed by atoms with Crippen molar-refractivity contribution < 1.29 is 141 Å². The van der Waals surface area contributed by atoms with Gasteiger partial charge in [-0.3, -0.25) is 9.59 Å². The largest absolute Gasteiger partial charge is 1.00 e. The number of piperidine rings is 1. The number of carboxylic acids is 2. The molecule has 1 heterocycles. The van der Waals surface area contributed by atoms with Crippen molar-refractivity contribution in [3.05, 3.63) is 119 Å². The van der Waals surface area contributed by atoms with Gasteiger partial charge in [0.1, 0.15) is 0 Å². The number of hydrogen-bond acceptors (Lipinski definition) is 9. The van der Waals surface area contributed by atoms with Crippen LogP contribution in [0.1, 0.15) is 94.1 Å². The minimum atomic E-state index is -4.02. The zero-order chi connectivity index (χ0) is 39.8. The average molecular weight is 857 g/mol. The number of hydrogen-bond donors (Lipinski definition) is 2. The number of carbonyl (C=O) groups excluding carboxylic acids is 4. The molecule has 58 heavy (non-hydrogen) atoms. The SMILES string of the molecule is CCN(C1CCC(C(=O)[O-])CC1)S(=O)(=O)c1cccc(C(=O)Nc2ccc(N3CCCCC3)cc2C(=O)Nc2cccc(CCc3ccc(C(=O)[O-])cc3)c2)c1.[K+].[K+]. The van der Waals surface area contributed by atoms with Crippen LogP contribution in [0.3, 0.4) is 0 Å². The summed E-state index contributed by atoms with van der Waals surface area (Å²) in [6.45, 7) is 3.61. The summed E-state index contributed by atoms with van der Waals surface area (Å²) in [5.41, 5.74) is 4.06. The molecule has 1 aliphatic carbocycles. The van der Waals surface area contributed by atoms with Crippen molar-refractivity contribution in [3.63, 3.8) is 0 Å². The van der Waals surface area contributed by atoms with E-state index in [0.717, 1.165) is 49.2 Å². The fourth-order valence-electron chi connectivity index (χ4n) is 7.63. The number of nitrogens with zero attached hydrogens (tertiary/aromatic N) is 2. The molecular formula is C43H46K2N4O8S. The number of amides is 2. The molecule has 0 atom stereocenters. The van der Waals surface area contributed by atoms with Crippen molar-refractivity contribution in [3.8, 4) is 0 Å². The molecule has 4 aromatic rings. The monoisotopic (exact) mass is 856 g/mol. The topological polar surface area (TPSA) is 179 Å². The Balaban J connectivity index is 0.00000372. The number of sulfonamides is 1. The number of nitrogens with one attached hydrogen (secondary N) is 2. The third-order valence-electron chi connectivity index (χ3n) is 10.7. The van der Waals surface area contributed by atoms with E-state index in [0.29, 0.717) is 44.2 Å². The smallest absolute Gasteiger partial charge is 0.550 e. The van der Waals surface area contributed by atoms with Gasteiger partial charge in [0.2, 0.25) is 10.0 Å². The van der Waals surface area contributed by atoms with E-state index in [4.69, 9.17) is 0 Å². The maximum atomic E-state index is 14.0. The summed E-state index contributed by atoms with van der Waals surface area (Å²) in [5.74, 6) is -3.95. The molecule has 0 spiro atoms. The van der Waals surface area contributed by atoms with Gasteiger partial charge in [-0.05, 0) is 129 Å². The molecule has 1 saturated heterocycles. The summed E-state index contributed by atoms with van der Waals surface area (Å²) in [4.78, 5) is 52.4. The molecule has 2 fully saturated rings. The number of benzene rings is 4. The first-order valence-corrected chi connectivity index (χ1v) is 20.6. The standard InChI is InChI=1S/C43H48N4O8S.2K/c1-2-47(35-20-18-32(19-21-35)43(52)53)56(54,55)37-11-7-9-33(27-37)40(48)45-39-23-22-36(46-24-4-3-5-25-46)28-38(39)41(49)44-34-10-6-8-30(26-34)13-12-29-14-16-31(17-15-29)42(50)51;;/h6-11,14-17,22-23,26-28,32,35H,2-5,12-13,18-21,24-25H2,1H3,(H,44,49)(H,45,48)(H,50,51)(H,52,53);;/q;2*+1/p-2. The molecule has 2 aliphatic rings. The Kier molecular flexibility index (Phi) is 18.8. The minimum Gasteiger partial charge on any atom is -0.550 e. The number of aliphatic carboxylic acids is 1. The Bertz CT molecular complexity index is 2190. The van der Waals surface area contributed by atoms with Gasteiger partial charge in [0.15, 0.2) is 0 Å². The molecule has 4 aromatic carbocycles. The average Bonchev–Trinajstić information content (AvgIpc) is 3.21. The van der Waals surface area contributed by atoms with Gasteiger partial charge in [-0.15, -0.1) is 0 Å². The molecule has 0 aromatic heterocycles. The van der Waals surface area contributed by atoms with Gasteiger partial charge in [-0.25, -0.2) is 8.42 Å². The Hall–Kier alpha value is -2.26. The number of rotatable bonds is 14. The second kappa shape index (κ2) is 22.5. The van der Waals surface area contributed by atoms with Crippen LogP contribution < -0.4 is 129 Å². The van der Waals surface area contributed by atoms with Gasteiger partial charge >= 0.3 is 103 Å². The van der Waals surface area contributed by atoms with Crippen LogP contribution in [0.25, 0.3) is 0 Å². The predicted octanol–water partition coefficient (Wildman–Crippen LogP) is -1.34. The van der Waals surface area contributed by atoms with Gasteiger partial charge in [0.05, 0.1) is 22.1 Å². The molecule has 1 saturated carbocycles. The number of anilines is 3. The van der Waals surface area contributed by atoms with Crippen LogP contribution in [0.5, 0.6) is 0 Å². The van der Waals surface area contributed by atoms with E-state index in [2.05, 4.69) is 15.5 Å². The van der Waals surface area contributed by atoms with Crippen LogP contribution in [0.2, 0.25) is 0 Å². The maximum absolute atomic E-state index is 14.0. The number of aryl methyl sites for hydroxylation is 2. The van der Waals surface area contributed by atoms with Gasteiger partial charge in [-0.2, -0.15) is 4.31 Å². The van der Waals surface area contributed by atoms with E-state index in [9.17, 15) is 37.8 Å². The third-order valence-corrected chi connectivity index (χ3v) is 12.8. The summed E-state index contributed by atoms with van der Waals surface area (Å²) >= 11 is 0. The minimum absolute atomic E-state index is 0. The van der Waals surface area contributed by atoms with Crippen molar-refractivity contribution in [1.29, 1.82) is 0 Å². The van der Waals surface area contributed by atoms with Crippen molar-refractivity contribution >= 4 is 50.8 Å². The first-order chi connectivity index (χ1) is 26.9. The summed E-state index contributed by atoms with van der Waals surface area (Å²) < 4.78 is 29.1. The first-order valence-electron chi connectivity index (χ1n) is 19.2. The molecule has 0 radical (unpaired) electrons. The Labute approximate surface area is 425 Å². The quantitative estimate of drug-likeness (QED) is 0.145. The Morgan fingerprint density at radius 3 is 2.05 bits per heavy atom. The molecule has 294 valence electrons. The molecule has 6 rings (SSSR count). The van der Waals surface area contributed by atoms with Crippen molar-refractivity contribution in [2.45, 2.75) is 75.6 Å². The van der Waals surface area contributed by atoms with E-state index in [1.54, 1.807) is 37.3 Å². The Morgan fingerprint density at radius 2 is 1.40 bits per heavy atom. The van der Waals surface area contributed by atoms with E-state index in [-0.39, 0.29) is 143 Å². The molecule has 2 amide bonds. The van der Waals surface area contributed by atoms with Crippen molar-refractivity contribution in [1.82, 2.24) is 4.31 Å². The maximum Gasteiger partial charge on any atom is 1.00 e. The molecule has 15 heteroatoms. The van der Waals surface area contributed by atoms with Crippen molar-refractivity contribution in [2.75, 3.05) is 35.2 Å². The first kappa shape index (κ1) is 48.4. The number of carbonyl (C=O) groups is 4. The van der Waals surface area contributed by atoms with E-state index >= 15 is 0 Å². The van der Waals surface area contributed by atoms with Crippen LogP contribution in [-0.4, -0.2) is 62.2 Å². The van der Waals surface area contributed by atoms with E-state index in [1.807, 2.05) is 24.3 Å². The third kappa shape index (κ3) is 12.4. The molecule has 2 N–H and O–H groups in total. The normalized spacial score (nSPS) is 16.7. The zero-order valence-electron chi connectivity index (χ0n) is 33.4. The molecule has 0 unspecified atom stereocenters. The fourth-order valence-corrected chi connectivity index (χ4v) is 9.37. The molecule has 1 aliphatic heterocycles. The second-order valence-electron chi connectivity index (χ2n) is 14.4. The second-order valence-corrected chi connectivity index (χ2v) is 16.3.